The van der Waals surface area contributed by atoms with E-state index < -0.39 is 0 Å². The molecule has 1 aromatic rings. The Balaban J connectivity index is 2.14. The summed E-state index contributed by atoms with van der Waals surface area (Å²) >= 11 is 9.48. The van der Waals surface area contributed by atoms with Crippen molar-refractivity contribution >= 4 is 27.5 Å². The van der Waals surface area contributed by atoms with Gasteiger partial charge >= 0.3 is 0 Å². The lowest BCUT2D eigenvalue weighted by Crippen LogP contribution is -2.57. The number of rotatable bonds is 3. The summed E-state index contributed by atoms with van der Waals surface area (Å²) in [6.45, 7) is 4.12. The highest BCUT2D eigenvalue weighted by molar-refractivity contribution is 9.10. The highest BCUT2D eigenvalue weighted by atomic mass is 79.9. The van der Waals surface area contributed by atoms with Crippen molar-refractivity contribution in [2.24, 2.45) is 5.41 Å². The SMILES string of the molecule is CCC1(C)C(O)CC1Oc1cc(Br)ccc1Cl. The number of aliphatic hydroxyl groups excluding tert-OH is 1. The molecule has 2 rings (SSSR count). The van der Waals surface area contributed by atoms with Crippen LogP contribution in [-0.4, -0.2) is 17.3 Å². The van der Waals surface area contributed by atoms with E-state index in [9.17, 15) is 5.11 Å². The van der Waals surface area contributed by atoms with Crippen LogP contribution in [0.2, 0.25) is 5.02 Å². The van der Waals surface area contributed by atoms with Gasteiger partial charge in [-0.25, -0.2) is 0 Å². The van der Waals surface area contributed by atoms with E-state index in [0.717, 1.165) is 10.9 Å². The second-order valence-electron chi connectivity index (χ2n) is 4.79. The lowest BCUT2D eigenvalue weighted by molar-refractivity contribution is -0.147. The molecule has 4 heteroatoms. The Kier molecular flexibility index (Phi) is 3.71. The first kappa shape index (κ1) is 13.2. The third-order valence-electron chi connectivity index (χ3n) is 3.86. The normalized spacial score (nSPS) is 32.1. The Labute approximate surface area is 115 Å². The van der Waals surface area contributed by atoms with Crippen LogP contribution in [0.3, 0.4) is 0 Å². The van der Waals surface area contributed by atoms with Crippen molar-refractivity contribution in [3.05, 3.63) is 27.7 Å². The summed E-state index contributed by atoms with van der Waals surface area (Å²) in [5.41, 5.74) is -0.161. The average Bonchev–Trinajstić information content (AvgIpc) is 2.32. The number of halogens is 2. The van der Waals surface area contributed by atoms with Crippen LogP contribution in [0.25, 0.3) is 0 Å². The van der Waals surface area contributed by atoms with Crippen LogP contribution >= 0.6 is 27.5 Å². The maximum Gasteiger partial charge on any atom is 0.139 e. The molecule has 0 aliphatic heterocycles. The molecule has 1 aromatic carbocycles. The Hall–Kier alpha value is -0.250. The zero-order valence-electron chi connectivity index (χ0n) is 9.91. The molecule has 2 nitrogen and oxygen atoms in total. The first-order valence-corrected chi connectivity index (χ1v) is 6.94. The van der Waals surface area contributed by atoms with Crippen LogP contribution in [-0.2, 0) is 0 Å². The van der Waals surface area contributed by atoms with Gasteiger partial charge in [0, 0.05) is 16.3 Å². The van der Waals surface area contributed by atoms with Crippen LogP contribution in [0, 0.1) is 5.41 Å². The lowest BCUT2D eigenvalue weighted by Gasteiger charge is -2.50. The molecule has 0 bridgehead atoms. The van der Waals surface area contributed by atoms with Crippen molar-refractivity contribution in [1.82, 2.24) is 0 Å². The van der Waals surface area contributed by atoms with Crippen LogP contribution in [0.4, 0.5) is 0 Å². The molecule has 1 N–H and O–H groups in total. The molecule has 0 spiro atoms. The van der Waals surface area contributed by atoms with E-state index in [2.05, 4.69) is 29.8 Å². The maximum absolute atomic E-state index is 9.82. The molecule has 0 aromatic heterocycles. The van der Waals surface area contributed by atoms with Crippen LogP contribution < -0.4 is 4.74 Å². The van der Waals surface area contributed by atoms with Gasteiger partial charge in [-0.15, -0.1) is 0 Å². The summed E-state index contributed by atoms with van der Waals surface area (Å²) in [5, 5.41) is 10.4. The third kappa shape index (κ3) is 2.33. The summed E-state index contributed by atoms with van der Waals surface area (Å²) in [6, 6.07) is 5.55. The first-order valence-electron chi connectivity index (χ1n) is 5.77. The lowest BCUT2D eigenvalue weighted by atomic mass is 9.63. The van der Waals surface area contributed by atoms with Crippen molar-refractivity contribution in [3.63, 3.8) is 0 Å². The Morgan fingerprint density at radius 1 is 1.59 bits per heavy atom. The molecule has 1 aliphatic rings. The third-order valence-corrected chi connectivity index (χ3v) is 4.66. The Morgan fingerprint density at radius 3 is 2.88 bits per heavy atom. The van der Waals surface area contributed by atoms with Gasteiger partial charge in [-0.3, -0.25) is 0 Å². The summed E-state index contributed by atoms with van der Waals surface area (Å²) < 4.78 is 6.86. The van der Waals surface area contributed by atoms with Crippen molar-refractivity contribution in [2.75, 3.05) is 0 Å². The molecule has 0 heterocycles. The van der Waals surface area contributed by atoms with Crippen molar-refractivity contribution in [3.8, 4) is 5.75 Å². The smallest absolute Gasteiger partial charge is 0.139 e. The second kappa shape index (κ2) is 4.79. The predicted molar refractivity (Wildman–Crippen MR) is 72.6 cm³/mol. The number of benzene rings is 1. The number of aliphatic hydroxyl groups is 1. The molecule has 3 atom stereocenters. The molecule has 3 unspecified atom stereocenters. The standard InChI is InChI=1S/C13H16BrClO2/c1-3-13(2)11(16)7-12(13)17-10-6-8(14)4-5-9(10)15/h4-6,11-12,16H,3,7H2,1-2H3. The van der Waals surface area contributed by atoms with Gasteiger partial charge in [0.15, 0.2) is 0 Å². The highest BCUT2D eigenvalue weighted by Gasteiger charge is 2.51. The quantitative estimate of drug-likeness (QED) is 0.911. The van der Waals surface area contributed by atoms with E-state index in [1.165, 1.54) is 0 Å². The molecule has 17 heavy (non-hydrogen) atoms. The molecule has 0 saturated heterocycles. The zero-order valence-corrected chi connectivity index (χ0v) is 12.3. The Bertz CT molecular complexity index is 424. The van der Waals surface area contributed by atoms with E-state index >= 15 is 0 Å². The molecule has 1 aliphatic carbocycles. The minimum atomic E-state index is -0.275. The van der Waals surface area contributed by atoms with Gasteiger partial charge in [0.25, 0.3) is 0 Å². The van der Waals surface area contributed by atoms with Crippen LogP contribution in [0.15, 0.2) is 22.7 Å². The van der Waals surface area contributed by atoms with Gasteiger partial charge in [0.05, 0.1) is 11.1 Å². The minimum absolute atomic E-state index is 0.0364. The molecule has 0 radical (unpaired) electrons. The van der Waals surface area contributed by atoms with E-state index in [0.29, 0.717) is 17.2 Å². The monoisotopic (exact) mass is 318 g/mol. The van der Waals surface area contributed by atoms with Gasteiger partial charge < -0.3 is 9.84 Å². The minimum Gasteiger partial charge on any atom is -0.488 e. The van der Waals surface area contributed by atoms with E-state index in [1.54, 1.807) is 6.07 Å². The summed E-state index contributed by atoms with van der Waals surface area (Å²) in [6.07, 6.45) is 1.33. The fourth-order valence-electron chi connectivity index (χ4n) is 2.16. The first-order chi connectivity index (χ1) is 7.97. The fraction of sp³-hybridized carbons (Fsp3) is 0.538. The highest BCUT2D eigenvalue weighted by Crippen LogP contribution is 2.46. The van der Waals surface area contributed by atoms with Gasteiger partial charge in [-0.05, 0) is 24.6 Å². The molecular formula is C13H16BrClO2. The number of hydrogen-bond donors (Lipinski definition) is 1. The van der Waals surface area contributed by atoms with Gasteiger partial charge in [0.1, 0.15) is 11.9 Å². The second-order valence-corrected chi connectivity index (χ2v) is 6.11. The van der Waals surface area contributed by atoms with Crippen molar-refractivity contribution < 1.29 is 9.84 Å². The zero-order chi connectivity index (χ0) is 12.6. The molecule has 94 valence electrons. The van der Waals surface area contributed by atoms with Crippen LogP contribution in [0.1, 0.15) is 26.7 Å². The molecule has 1 saturated carbocycles. The summed E-state index contributed by atoms with van der Waals surface area (Å²) in [7, 11) is 0. The average molecular weight is 320 g/mol. The summed E-state index contributed by atoms with van der Waals surface area (Å²) in [4.78, 5) is 0. The van der Waals surface area contributed by atoms with Crippen LogP contribution in [0.5, 0.6) is 5.75 Å². The topological polar surface area (TPSA) is 29.5 Å². The van der Waals surface area contributed by atoms with E-state index in [4.69, 9.17) is 16.3 Å². The molecule has 1 fully saturated rings. The van der Waals surface area contributed by atoms with Gasteiger partial charge in [0.2, 0.25) is 0 Å². The Morgan fingerprint density at radius 2 is 2.29 bits per heavy atom. The van der Waals surface area contributed by atoms with Gasteiger partial charge in [-0.2, -0.15) is 0 Å². The number of hydrogen-bond acceptors (Lipinski definition) is 2. The number of ether oxygens (including phenoxy) is 1. The fourth-order valence-corrected chi connectivity index (χ4v) is 2.66. The molecular weight excluding hydrogens is 303 g/mol. The summed E-state index contributed by atoms with van der Waals surface area (Å²) in [5.74, 6) is 0.678. The molecule has 0 amide bonds. The van der Waals surface area contributed by atoms with Crippen molar-refractivity contribution in [2.45, 2.75) is 38.9 Å². The van der Waals surface area contributed by atoms with E-state index in [1.807, 2.05) is 12.1 Å². The van der Waals surface area contributed by atoms with Gasteiger partial charge in [-0.1, -0.05) is 41.4 Å². The maximum atomic E-state index is 9.82. The predicted octanol–water partition coefficient (Wildman–Crippen LogP) is 4.03. The van der Waals surface area contributed by atoms with Crippen molar-refractivity contribution in [1.29, 1.82) is 0 Å². The largest absolute Gasteiger partial charge is 0.488 e. The van der Waals surface area contributed by atoms with E-state index in [-0.39, 0.29) is 17.6 Å².